The molecule has 1 aliphatic heterocycles. The number of benzene rings is 2. The van der Waals surface area contributed by atoms with Gasteiger partial charge in [0, 0.05) is 35.3 Å². The van der Waals surface area contributed by atoms with Crippen LogP contribution in [0.1, 0.15) is 23.2 Å². The predicted octanol–water partition coefficient (Wildman–Crippen LogP) is 4.91. The van der Waals surface area contributed by atoms with Gasteiger partial charge in [-0.1, -0.05) is 6.07 Å². The van der Waals surface area contributed by atoms with Crippen molar-refractivity contribution in [2.75, 3.05) is 23.2 Å². The third-order valence-corrected chi connectivity index (χ3v) is 8.79. The van der Waals surface area contributed by atoms with Crippen LogP contribution in [0, 0.1) is 13.8 Å². The topological polar surface area (TPSA) is 132 Å². The Morgan fingerprint density at radius 3 is 2.64 bits per heavy atom. The number of aryl methyl sites for hydroxylation is 2. The molecular formula is C28H30N6O3S2. The Balaban J connectivity index is 1.42. The van der Waals surface area contributed by atoms with Gasteiger partial charge in [-0.15, -0.1) is 11.8 Å². The number of rotatable bonds is 9. The molecule has 3 N–H and O–H groups in total. The molecule has 0 bridgehead atoms. The quantitative estimate of drug-likeness (QED) is 0.292. The molecule has 0 saturated carbocycles. The summed E-state index contributed by atoms with van der Waals surface area (Å²) >= 11 is 1.64. The lowest BCUT2D eigenvalue weighted by molar-refractivity contribution is 0.476. The number of thioether (sulfide) groups is 1. The first kappa shape index (κ1) is 27.0. The first-order chi connectivity index (χ1) is 18.6. The van der Waals surface area contributed by atoms with Gasteiger partial charge >= 0.3 is 0 Å². The number of aromatic nitrogens is 3. The summed E-state index contributed by atoms with van der Waals surface area (Å²) in [5.74, 6) is 2.59. The molecule has 2 aromatic carbocycles. The van der Waals surface area contributed by atoms with Crippen LogP contribution in [0.4, 0.5) is 11.5 Å². The minimum Gasteiger partial charge on any atom is -0.455 e. The Hall–Kier alpha value is -3.54. The van der Waals surface area contributed by atoms with Crippen molar-refractivity contribution in [3.8, 4) is 11.5 Å². The minimum absolute atomic E-state index is 0.0772. The SMILES string of the molecule is Cc1ccc(Oc2ccc(Nc3ncnc4ccc(C5(CC(N)CS(C)(=O)=O)C=NCS5)cc34)cc2C)cn1. The minimum atomic E-state index is -3.20. The van der Waals surface area contributed by atoms with E-state index in [1.54, 1.807) is 18.0 Å². The lowest BCUT2D eigenvalue weighted by atomic mass is 9.91. The second-order valence-corrected chi connectivity index (χ2v) is 13.3. The summed E-state index contributed by atoms with van der Waals surface area (Å²) in [5, 5.41) is 4.27. The summed E-state index contributed by atoms with van der Waals surface area (Å²) in [4.78, 5) is 17.7. The van der Waals surface area contributed by atoms with E-state index in [-0.39, 0.29) is 5.75 Å². The molecule has 11 heteroatoms. The van der Waals surface area contributed by atoms with Crippen LogP contribution < -0.4 is 15.8 Å². The molecule has 1 aliphatic rings. The van der Waals surface area contributed by atoms with E-state index < -0.39 is 20.6 Å². The number of nitrogens with one attached hydrogen (secondary N) is 1. The molecule has 202 valence electrons. The van der Waals surface area contributed by atoms with Crippen molar-refractivity contribution in [1.82, 2.24) is 15.0 Å². The fourth-order valence-electron chi connectivity index (χ4n) is 4.64. The molecule has 0 fully saturated rings. The molecule has 9 nitrogen and oxygen atoms in total. The van der Waals surface area contributed by atoms with Crippen LogP contribution in [0.15, 0.2) is 66.0 Å². The fraction of sp³-hybridized carbons (Fsp3) is 0.286. The average molecular weight is 563 g/mol. The van der Waals surface area contributed by atoms with Gasteiger partial charge in [0.25, 0.3) is 0 Å². The van der Waals surface area contributed by atoms with Crippen LogP contribution in [0.5, 0.6) is 11.5 Å². The number of fused-ring (bicyclic) bond motifs is 1. The van der Waals surface area contributed by atoms with Crippen molar-refractivity contribution in [3.63, 3.8) is 0 Å². The maximum Gasteiger partial charge on any atom is 0.148 e. The summed E-state index contributed by atoms with van der Waals surface area (Å²) < 4.78 is 29.2. The highest BCUT2D eigenvalue weighted by atomic mass is 32.2. The van der Waals surface area contributed by atoms with Gasteiger partial charge in [-0.05, 0) is 73.9 Å². The van der Waals surface area contributed by atoms with E-state index in [4.69, 9.17) is 10.5 Å². The van der Waals surface area contributed by atoms with Crippen LogP contribution in [-0.4, -0.2) is 53.5 Å². The molecule has 5 rings (SSSR count). The van der Waals surface area contributed by atoms with Crippen LogP contribution in [0.2, 0.25) is 0 Å². The third kappa shape index (κ3) is 6.38. The largest absolute Gasteiger partial charge is 0.455 e. The first-order valence-corrected chi connectivity index (χ1v) is 15.5. The second-order valence-electron chi connectivity index (χ2n) is 9.83. The molecule has 0 saturated heterocycles. The van der Waals surface area contributed by atoms with Gasteiger partial charge < -0.3 is 15.8 Å². The van der Waals surface area contributed by atoms with Crippen molar-refractivity contribution in [3.05, 3.63) is 77.9 Å². The van der Waals surface area contributed by atoms with Crippen LogP contribution in [0.25, 0.3) is 10.9 Å². The molecule has 2 unspecified atom stereocenters. The van der Waals surface area contributed by atoms with Crippen molar-refractivity contribution < 1.29 is 13.2 Å². The van der Waals surface area contributed by atoms with Crippen molar-refractivity contribution in [2.24, 2.45) is 10.7 Å². The van der Waals surface area contributed by atoms with Crippen molar-refractivity contribution in [2.45, 2.75) is 31.1 Å². The van der Waals surface area contributed by atoms with E-state index in [0.717, 1.165) is 39.2 Å². The summed E-state index contributed by atoms with van der Waals surface area (Å²) in [7, 11) is -3.20. The third-order valence-electron chi connectivity index (χ3n) is 6.45. The number of ether oxygens (including phenoxy) is 1. The normalized spacial score (nSPS) is 17.8. The Morgan fingerprint density at radius 2 is 1.95 bits per heavy atom. The van der Waals surface area contributed by atoms with Crippen molar-refractivity contribution >= 4 is 50.2 Å². The summed E-state index contributed by atoms with van der Waals surface area (Å²) in [6.45, 7) is 3.92. The number of nitrogens with zero attached hydrogens (tertiary/aromatic N) is 4. The van der Waals surface area contributed by atoms with E-state index in [2.05, 4.69) is 25.3 Å². The maximum atomic E-state index is 11.8. The lowest BCUT2D eigenvalue weighted by Gasteiger charge is -2.29. The lowest BCUT2D eigenvalue weighted by Crippen LogP contribution is -2.37. The number of aliphatic imine (C=N–C) groups is 1. The number of anilines is 2. The first-order valence-electron chi connectivity index (χ1n) is 12.4. The van der Waals surface area contributed by atoms with Gasteiger partial charge in [-0.3, -0.25) is 9.98 Å². The number of nitrogens with two attached hydrogens (primary N) is 1. The Bertz CT molecular complexity index is 1640. The fourth-order valence-corrected chi connectivity index (χ4v) is 6.69. The van der Waals surface area contributed by atoms with E-state index in [1.165, 1.54) is 12.6 Å². The molecule has 0 spiro atoms. The van der Waals surface area contributed by atoms with Gasteiger partial charge in [-0.25, -0.2) is 18.4 Å². The number of hydrogen-bond donors (Lipinski definition) is 2. The van der Waals surface area contributed by atoms with Crippen LogP contribution in [-0.2, 0) is 14.6 Å². The Labute approximate surface area is 232 Å². The second kappa shape index (κ2) is 10.9. The molecule has 2 aromatic heterocycles. The standard InChI is InChI=1S/C28H30N6O3S2/c1-18-10-22(6-9-26(18)37-23-7-4-19(2)31-13-23)34-27-24-11-20(5-8-25(24)32-16-33-27)28(15-30-17-38-28)12-21(29)14-39(3,35)36/h4-11,13,15-16,21H,12,14,17,29H2,1-3H3,(H,32,33,34). The van der Waals surface area contributed by atoms with Crippen molar-refractivity contribution in [1.29, 1.82) is 0 Å². The zero-order valence-electron chi connectivity index (χ0n) is 22.0. The number of sulfone groups is 1. The van der Waals surface area contributed by atoms with E-state index in [1.807, 2.05) is 68.6 Å². The zero-order chi connectivity index (χ0) is 27.6. The Morgan fingerprint density at radius 1 is 1.10 bits per heavy atom. The highest BCUT2D eigenvalue weighted by molar-refractivity contribution is 8.01. The molecule has 0 amide bonds. The number of pyridine rings is 1. The highest BCUT2D eigenvalue weighted by Crippen LogP contribution is 2.44. The molecule has 39 heavy (non-hydrogen) atoms. The summed E-state index contributed by atoms with van der Waals surface area (Å²) in [6, 6.07) is 15.1. The predicted molar refractivity (Wildman–Crippen MR) is 158 cm³/mol. The van der Waals surface area contributed by atoms with Gasteiger partial charge in [0.15, 0.2) is 0 Å². The average Bonchev–Trinajstić information content (AvgIpc) is 3.35. The molecule has 4 aromatic rings. The monoisotopic (exact) mass is 562 g/mol. The van der Waals surface area contributed by atoms with Gasteiger partial charge in [-0.2, -0.15) is 0 Å². The zero-order valence-corrected chi connectivity index (χ0v) is 23.6. The van der Waals surface area contributed by atoms with Crippen LogP contribution in [0.3, 0.4) is 0 Å². The number of hydrogen-bond acceptors (Lipinski definition) is 10. The molecule has 2 atom stereocenters. The van der Waals surface area contributed by atoms with E-state index in [0.29, 0.717) is 23.9 Å². The van der Waals surface area contributed by atoms with Gasteiger partial charge in [0.2, 0.25) is 0 Å². The Kier molecular flexibility index (Phi) is 7.57. The molecule has 3 heterocycles. The van der Waals surface area contributed by atoms with E-state index >= 15 is 0 Å². The molecule has 0 aliphatic carbocycles. The summed E-state index contributed by atoms with van der Waals surface area (Å²) in [6.07, 6.45) is 6.79. The van der Waals surface area contributed by atoms with Crippen LogP contribution >= 0.6 is 11.8 Å². The molecule has 0 radical (unpaired) electrons. The van der Waals surface area contributed by atoms with Gasteiger partial charge in [0.1, 0.15) is 33.5 Å². The highest BCUT2D eigenvalue weighted by Gasteiger charge is 2.37. The smallest absolute Gasteiger partial charge is 0.148 e. The molecular weight excluding hydrogens is 532 g/mol. The van der Waals surface area contributed by atoms with Gasteiger partial charge in [0.05, 0.1) is 28.1 Å². The van der Waals surface area contributed by atoms with E-state index in [9.17, 15) is 8.42 Å². The maximum absolute atomic E-state index is 11.8. The summed E-state index contributed by atoms with van der Waals surface area (Å²) in [5.41, 5.74) is 10.8.